The van der Waals surface area contributed by atoms with Gasteiger partial charge >= 0.3 is 0 Å². The van der Waals surface area contributed by atoms with Crippen molar-refractivity contribution in [3.05, 3.63) is 30.1 Å². The van der Waals surface area contributed by atoms with Gasteiger partial charge < -0.3 is 15.8 Å². The number of rotatable bonds is 7. The van der Waals surface area contributed by atoms with Crippen LogP contribution >= 0.6 is 0 Å². The van der Waals surface area contributed by atoms with Gasteiger partial charge in [-0.3, -0.25) is 0 Å². The van der Waals surface area contributed by atoms with Crippen molar-refractivity contribution in [3.8, 4) is 0 Å². The van der Waals surface area contributed by atoms with E-state index in [0.29, 0.717) is 13.0 Å². The van der Waals surface area contributed by atoms with Gasteiger partial charge in [-0.1, -0.05) is 12.1 Å². The number of benzene rings is 1. The molecule has 0 saturated carbocycles. The maximum Gasteiger partial charge on any atom is 0.137 e. The Kier molecular flexibility index (Phi) is 5.19. The lowest BCUT2D eigenvalue weighted by atomic mass is 10.0. The second kappa shape index (κ2) is 7.51. The largest absolute Gasteiger partial charge is 0.381 e. The van der Waals surface area contributed by atoms with Crippen molar-refractivity contribution in [2.45, 2.75) is 25.7 Å². The lowest BCUT2D eigenvalue weighted by molar-refractivity contribution is 0.184. The van der Waals surface area contributed by atoms with Crippen LogP contribution in [0.3, 0.4) is 0 Å². The van der Waals surface area contributed by atoms with Gasteiger partial charge in [-0.2, -0.15) is 0 Å². The first kappa shape index (κ1) is 15.2. The molecule has 0 aliphatic carbocycles. The number of nitrogens with zero attached hydrogens (tertiary/aromatic N) is 2. The summed E-state index contributed by atoms with van der Waals surface area (Å²) in [5.74, 6) is 2.47. The van der Waals surface area contributed by atoms with Gasteiger partial charge in [0, 0.05) is 31.6 Å². The lowest BCUT2D eigenvalue weighted by Gasteiger charge is -2.12. The summed E-state index contributed by atoms with van der Waals surface area (Å²) in [7, 11) is 0. The van der Waals surface area contributed by atoms with E-state index in [4.69, 9.17) is 10.5 Å². The summed E-state index contributed by atoms with van der Waals surface area (Å²) >= 11 is 0. The summed E-state index contributed by atoms with van der Waals surface area (Å²) in [6.07, 6.45) is 4.26. The maximum absolute atomic E-state index is 5.63. The van der Waals surface area contributed by atoms with Gasteiger partial charge in [0.2, 0.25) is 0 Å². The number of aromatic nitrogens is 2. The molecule has 0 spiro atoms. The zero-order chi connectivity index (χ0) is 15.2. The molecular weight excluding hydrogens is 276 g/mol. The molecule has 1 aromatic heterocycles. The predicted octanol–water partition coefficient (Wildman–Crippen LogP) is 2.36. The number of ether oxygens (including phenoxy) is 1. The van der Waals surface area contributed by atoms with Crippen LogP contribution in [0.25, 0.3) is 10.9 Å². The molecular formula is C17H24N4O. The predicted molar refractivity (Wildman–Crippen MR) is 88.9 cm³/mol. The monoisotopic (exact) mass is 300 g/mol. The minimum Gasteiger partial charge on any atom is -0.381 e. The molecule has 2 aromatic rings. The van der Waals surface area contributed by atoms with Crippen LogP contribution in [0.15, 0.2) is 24.3 Å². The van der Waals surface area contributed by atoms with E-state index in [2.05, 4.69) is 21.4 Å². The number of anilines is 1. The summed E-state index contributed by atoms with van der Waals surface area (Å²) in [6.45, 7) is 3.35. The molecule has 1 aromatic carbocycles. The molecule has 0 bridgehead atoms. The highest BCUT2D eigenvalue weighted by atomic mass is 16.5. The molecule has 3 rings (SSSR count). The van der Waals surface area contributed by atoms with E-state index in [-0.39, 0.29) is 0 Å². The topological polar surface area (TPSA) is 73.1 Å². The van der Waals surface area contributed by atoms with Crippen LogP contribution in [0.4, 0.5) is 5.82 Å². The highest BCUT2D eigenvalue weighted by molar-refractivity contribution is 5.88. The molecule has 0 unspecified atom stereocenters. The Morgan fingerprint density at radius 1 is 1.27 bits per heavy atom. The van der Waals surface area contributed by atoms with Gasteiger partial charge in [0.15, 0.2) is 0 Å². The van der Waals surface area contributed by atoms with Crippen molar-refractivity contribution >= 4 is 16.7 Å². The van der Waals surface area contributed by atoms with E-state index in [1.54, 1.807) is 0 Å². The zero-order valence-corrected chi connectivity index (χ0v) is 12.9. The molecule has 5 heteroatoms. The molecule has 5 nitrogen and oxygen atoms in total. The standard InChI is InChI=1S/C17H24N4O/c18-9-7-16-20-15-6-2-1-5-14(15)17(21-16)19-10-3-4-13-8-11-22-12-13/h1-2,5-6,13H,3-4,7-12,18H2,(H,19,20,21)/t13-/m1/s1. The van der Waals surface area contributed by atoms with Crippen molar-refractivity contribution in [1.29, 1.82) is 0 Å². The Bertz CT molecular complexity index is 611. The third-order valence-corrected chi connectivity index (χ3v) is 4.12. The Balaban J connectivity index is 1.65. The molecule has 1 atom stereocenters. The van der Waals surface area contributed by atoms with E-state index in [1.165, 1.54) is 12.8 Å². The quantitative estimate of drug-likeness (QED) is 0.768. The molecule has 2 heterocycles. The molecule has 1 aliphatic rings. The Morgan fingerprint density at radius 3 is 3.00 bits per heavy atom. The zero-order valence-electron chi connectivity index (χ0n) is 12.9. The Morgan fingerprint density at radius 2 is 2.18 bits per heavy atom. The molecule has 1 fully saturated rings. The van der Waals surface area contributed by atoms with E-state index >= 15 is 0 Å². The van der Waals surface area contributed by atoms with E-state index in [0.717, 1.165) is 54.6 Å². The average molecular weight is 300 g/mol. The minimum atomic E-state index is 0.569. The number of hydrogen-bond acceptors (Lipinski definition) is 5. The fourth-order valence-corrected chi connectivity index (χ4v) is 2.91. The molecule has 3 N–H and O–H groups in total. The van der Waals surface area contributed by atoms with Gasteiger partial charge in [0.1, 0.15) is 11.6 Å². The molecule has 22 heavy (non-hydrogen) atoms. The maximum atomic E-state index is 5.63. The van der Waals surface area contributed by atoms with Crippen LogP contribution in [0, 0.1) is 5.92 Å². The molecule has 1 aliphatic heterocycles. The number of nitrogens with two attached hydrogens (primary N) is 1. The summed E-state index contributed by atoms with van der Waals surface area (Å²) in [4.78, 5) is 9.20. The summed E-state index contributed by atoms with van der Waals surface area (Å²) in [6, 6.07) is 8.12. The van der Waals surface area contributed by atoms with Crippen LogP contribution in [0.2, 0.25) is 0 Å². The normalized spacial score (nSPS) is 18.0. The fraction of sp³-hybridized carbons (Fsp3) is 0.529. The number of para-hydroxylation sites is 1. The summed E-state index contributed by atoms with van der Waals surface area (Å²) in [5, 5.41) is 4.55. The van der Waals surface area contributed by atoms with Gasteiger partial charge in [0.05, 0.1) is 5.52 Å². The van der Waals surface area contributed by atoms with Crippen molar-refractivity contribution in [1.82, 2.24) is 9.97 Å². The molecule has 0 radical (unpaired) electrons. The van der Waals surface area contributed by atoms with Crippen LogP contribution < -0.4 is 11.1 Å². The Hall–Kier alpha value is -1.72. The smallest absolute Gasteiger partial charge is 0.137 e. The first-order valence-electron chi connectivity index (χ1n) is 8.14. The Labute approximate surface area is 131 Å². The molecule has 0 amide bonds. The number of fused-ring (bicyclic) bond motifs is 1. The molecule has 1 saturated heterocycles. The first-order chi connectivity index (χ1) is 10.9. The lowest BCUT2D eigenvalue weighted by Crippen LogP contribution is -2.11. The van der Waals surface area contributed by atoms with E-state index in [1.807, 2.05) is 18.2 Å². The average Bonchev–Trinajstić information content (AvgIpc) is 3.05. The molecule has 118 valence electrons. The number of hydrogen-bond donors (Lipinski definition) is 2. The van der Waals surface area contributed by atoms with Crippen molar-refractivity contribution < 1.29 is 4.74 Å². The first-order valence-corrected chi connectivity index (χ1v) is 8.14. The summed E-state index contributed by atoms with van der Waals surface area (Å²) in [5.41, 5.74) is 6.61. The highest BCUT2D eigenvalue weighted by Gasteiger charge is 2.14. The van der Waals surface area contributed by atoms with Gasteiger partial charge in [-0.25, -0.2) is 9.97 Å². The van der Waals surface area contributed by atoms with Crippen molar-refractivity contribution in [3.63, 3.8) is 0 Å². The van der Waals surface area contributed by atoms with Gasteiger partial charge in [-0.05, 0) is 43.9 Å². The van der Waals surface area contributed by atoms with Crippen LogP contribution in [0.5, 0.6) is 0 Å². The SMILES string of the molecule is NCCc1nc(NCCC[C@@H]2CCOC2)c2ccccc2n1. The van der Waals surface area contributed by atoms with Gasteiger partial charge in [0.25, 0.3) is 0 Å². The fourth-order valence-electron chi connectivity index (χ4n) is 2.91. The van der Waals surface area contributed by atoms with Crippen molar-refractivity contribution in [2.24, 2.45) is 11.7 Å². The second-order valence-corrected chi connectivity index (χ2v) is 5.84. The van der Waals surface area contributed by atoms with Gasteiger partial charge in [-0.15, -0.1) is 0 Å². The third-order valence-electron chi connectivity index (χ3n) is 4.12. The van der Waals surface area contributed by atoms with Crippen LogP contribution in [0.1, 0.15) is 25.1 Å². The second-order valence-electron chi connectivity index (χ2n) is 5.84. The summed E-state index contributed by atoms with van der Waals surface area (Å²) < 4.78 is 5.42. The van der Waals surface area contributed by atoms with Crippen LogP contribution in [-0.4, -0.2) is 36.3 Å². The van der Waals surface area contributed by atoms with E-state index < -0.39 is 0 Å². The van der Waals surface area contributed by atoms with Crippen molar-refractivity contribution in [2.75, 3.05) is 31.6 Å². The van der Waals surface area contributed by atoms with E-state index in [9.17, 15) is 0 Å². The highest BCUT2D eigenvalue weighted by Crippen LogP contribution is 2.21. The van der Waals surface area contributed by atoms with Crippen LogP contribution in [-0.2, 0) is 11.2 Å². The minimum absolute atomic E-state index is 0.569. The number of nitrogens with one attached hydrogen (secondary N) is 1. The third kappa shape index (κ3) is 3.72.